The van der Waals surface area contributed by atoms with Crippen LogP contribution >= 0.6 is 0 Å². The van der Waals surface area contributed by atoms with Gasteiger partial charge in [0.25, 0.3) is 0 Å². The van der Waals surface area contributed by atoms with Gasteiger partial charge in [-0.1, -0.05) is 5.11 Å². The Bertz CT molecular complexity index is 260. The highest BCUT2D eigenvalue weighted by atomic mass is 16.4. The van der Waals surface area contributed by atoms with E-state index in [0.717, 1.165) is 0 Å². The van der Waals surface area contributed by atoms with Crippen LogP contribution in [0.1, 0.15) is 19.3 Å². The van der Waals surface area contributed by atoms with Crippen LogP contribution in [0.25, 0.3) is 10.4 Å². The van der Waals surface area contributed by atoms with E-state index in [0.29, 0.717) is 6.42 Å². The fraction of sp³-hybridized carbons (Fsp3) is 0.714. The molecule has 0 aliphatic carbocycles. The third kappa shape index (κ3) is 5.99. The zero-order valence-corrected chi connectivity index (χ0v) is 7.59. The Morgan fingerprint density at radius 2 is 2.21 bits per heavy atom. The standard InChI is InChI=1S/C7H12N4O3/c8-6(7(13)14)4-5(12)2-1-3-10-11-9/h6H,1-4,8H2,(H,13,14)/t6-/m0/s1. The van der Waals surface area contributed by atoms with Crippen molar-refractivity contribution in [3.63, 3.8) is 0 Å². The maximum absolute atomic E-state index is 11.0. The summed E-state index contributed by atoms with van der Waals surface area (Å²) in [6.07, 6.45) is 0.445. The molecule has 0 aliphatic heterocycles. The predicted octanol–water partition coefficient (Wildman–Crippen LogP) is 0.448. The van der Waals surface area contributed by atoms with Crippen molar-refractivity contribution in [2.45, 2.75) is 25.3 Å². The Morgan fingerprint density at radius 3 is 2.71 bits per heavy atom. The summed E-state index contributed by atoms with van der Waals surface area (Å²) in [6.45, 7) is 0.241. The lowest BCUT2D eigenvalue weighted by Crippen LogP contribution is -2.32. The molecule has 0 heterocycles. The quantitative estimate of drug-likeness (QED) is 0.267. The average molecular weight is 200 g/mol. The first kappa shape index (κ1) is 12.4. The van der Waals surface area contributed by atoms with Gasteiger partial charge in [-0.05, 0) is 12.0 Å². The molecule has 0 saturated heterocycles. The number of Topliss-reactive ketones (excluding diaryl/α,β-unsaturated/α-hetero) is 1. The largest absolute Gasteiger partial charge is 0.480 e. The number of hydrogen-bond acceptors (Lipinski definition) is 4. The van der Waals surface area contributed by atoms with Gasteiger partial charge in [0.1, 0.15) is 11.8 Å². The lowest BCUT2D eigenvalue weighted by atomic mass is 10.1. The number of carbonyl (C=O) groups excluding carboxylic acids is 1. The molecule has 78 valence electrons. The second-order valence-corrected chi connectivity index (χ2v) is 2.75. The second-order valence-electron chi connectivity index (χ2n) is 2.75. The minimum atomic E-state index is -1.19. The third-order valence-corrected chi connectivity index (χ3v) is 1.54. The summed E-state index contributed by atoms with van der Waals surface area (Å²) in [6, 6.07) is -1.14. The van der Waals surface area contributed by atoms with Crippen LogP contribution in [0.3, 0.4) is 0 Å². The first-order valence-electron chi connectivity index (χ1n) is 4.09. The summed E-state index contributed by atoms with van der Waals surface area (Å²) in [5, 5.41) is 11.6. The van der Waals surface area contributed by atoms with Crippen molar-refractivity contribution in [2.75, 3.05) is 6.54 Å². The molecule has 0 saturated carbocycles. The number of rotatable bonds is 7. The van der Waals surface area contributed by atoms with Gasteiger partial charge >= 0.3 is 5.97 Å². The summed E-state index contributed by atoms with van der Waals surface area (Å²) in [7, 11) is 0. The van der Waals surface area contributed by atoms with Crippen molar-refractivity contribution in [1.29, 1.82) is 0 Å². The minimum absolute atomic E-state index is 0.175. The fourth-order valence-corrected chi connectivity index (χ4v) is 0.826. The smallest absolute Gasteiger partial charge is 0.320 e. The van der Waals surface area contributed by atoms with Crippen LogP contribution in [0.4, 0.5) is 0 Å². The van der Waals surface area contributed by atoms with Gasteiger partial charge < -0.3 is 10.8 Å². The summed E-state index contributed by atoms with van der Waals surface area (Å²) in [5.41, 5.74) is 13.1. The van der Waals surface area contributed by atoms with Crippen molar-refractivity contribution in [2.24, 2.45) is 10.8 Å². The number of carboxylic acids is 1. The highest BCUT2D eigenvalue weighted by molar-refractivity contribution is 5.85. The Balaban J connectivity index is 3.65. The third-order valence-electron chi connectivity index (χ3n) is 1.54. The second kappa shape index (κ2) is 6.88. The predicted molar refractivity (Wildman–Crippen MR) is 48.5 cm³/mol. The molecular weight excluding hydrogens is 188 g/mol. The lowest BCUT2D eigenvalue weighted by Gasteiger charge is -2.03. The van der Waals surface area contributed by atoms with E-state index in [1.165, 1.54) is 0 Å². The number of ketones is 1. The molecule has 14 heavy (non-hydrogen) atoms. The molecule has 0 fully saturated rings. The first-order valence-corrected chi connectivity index (χ1v) is 4.09. The van der Waals surface area contributed by atoms with E-state index >= 15 is 0 Å². The SMILES string of the molecule is [N-]=[N+]=NCCCC(=O)C[C@H](N)C(=O)O. The number of carboxylic acid groups (broad SMARTS) is 1. The van der Waals surface area contributed by atoms with Gasteiger partial charge in [-0.25, -0.2) is 0 Å². The van der Waals surface area contributed by atoms with Crippen LogP contribution in [-0.4, -0.2) is 29.4 Å². The van der Waals surface area contributed by atoms with Crippen LogP contribution in [0, 0.1) is 0 Å². The molecule has 0 unspecified atom stereocenters. The molecule has 3 N–H and O–H groups in total. The molecule has 0 aromatic heterocycles. The summed E-state index contributed by atoms with van der Waals surface area (Å²) in [4.78, 5) is 23.8. The van der Waals surface area contributed by atoms with Crippen molar-refractivity contribution < 1.29 is 14.7 Å². The Morgan fingerprint density at radius 1 is 1.57 bits per heavy atom. The number of nitrogens with two attached hydrogens (primary N) is 1. The lowest BCUT2D eigenvalue weighted by molar-refractivity contribution is -0.140. The van der Waals surface area contributed by atoms with Crippen molar-refractivity contribution >= 4 is 11.8 Å². The number of carbonyl (C=O) groups is 2. The maximum atomic E-state index is 11.0. The number of aliphatic carboxylic acids is 1. The first-order chi connectivity index (χ1) is 6.57. The zero-order valence-electron chi connectivity index (χ0n) is 7.59. The molecule has 0 radical (unpaired) electrons. The van der Waals surface area contributed by atoms with Crippen LogP contribution in [0.2, 0.25) is 0 Å². The van der Waals surface area contributed by atoms with Gasteiger partial charge in [-0.15, -0.1) is 0 Å². The maximum Gasteiger partial charge on any atom is 0.320 e. The van der Waals surface area contributed by atoms with Crippen LogP contribution in [-0.2, 0) is 9.59 Å². The van der Waals surface area contributed by atoms with Crippen molar-refractivity contribution in [3.05, 3.63) is 10.4 Å². The molecule has 0 amide bonds. The summed E-state index contributed by atoms with van der Waals surface area (Å²) in [5.74, 6) is -1.42. The molecule has 7 nitrogen and oxygen atoms in total. The minimum Gasteiger partial charge on any atom is -0.480 e. The zero-order chi connectivity index (χ0) is 11.0. The highest BCUT2D eigenvalue weighted by Gasteiger charge is 2.15. The molecule has 0 spiro atoms. The van der Waals surface area contributed by atoms with Crippen LogP contribution in [0.5, 0.6) is 0 Å². The van der Waals surface area contributed by atoms with E-state index in [-0.39, 0.29) is 25.2 Å². The van der Waals surface area contributed by atoms with E-state index in [1.807, 2.05) is 0 Å². The molecule has 0 aromatic rings. The molecule has 0 aliphatic rings. The Hall–Kier alpha value is -1.59. The Kier molecular flexibility index (Phi) is 6.09. The van der Waals surface area contributed by atoms with Crippen LogP contribution in [0.15, 0.2) is 5.11 Å². The van der Waals surface area contributed by atoms with Gasteiger partial charge in [-0.2, -0.15) is 0 Å². The number of azide groups is 1. The molecule has 0 aromatic carbocycles. The summed E-state index contributed by atoms with van der Waals surface area (Å²) >= 11 is 0. The van der Waals surface area contributed by atoms with E-state index in [1.54, 1.807) is 0 Å². The Labute approximate surface area is 80.5 Å². The molecular formula is C7H12N4O3. The van der Waals surface area contributed by atoms with E-state index in [9.17, 15) is 9.59 Å². The van der Waals surface area contributed by atoms with Gasteiger partial charge in [0.05, 0.1) is 0 Å². The van der Waals surface area contributed by atoms with Gasteiger partial charge in [-0.3, -0.25) is 9.59 Å². The normalized spacial score (nSPS) is 11.5. The van der Waals surface area contributed by atoms with E-state index in [4.69, 9.17) is 16.4 Å². The monoisotopic (exact) mass is 200 g/mol. The number of nitrogens with zero attached hydrogens (tertiary/aromatic N) is 3. The molecule has 0 rings (SSSR count). The summed E-state index contributed by atoms with van der Waals surface area (Å²) < 4.78 is 0. The number of hydrogen-bond donors (Lipinski definition) is 2. The van der Waals surface area contributed by atoms with E-state index < -0.39 is 12.0 Å². The average Bonchev–Trinajstić information content (AvgIpc) is 2.12. The molecule has 7 heteroatoms. The van der Waals surface area contributed by atoms with Crippen molar-refractivity contribution in [3.8, 4) is 0 Å². The fourth-order valence-electron chi connectivity index (χ4n) is 0.826. The molecule has 1 atom stereocenters. The van der Waals surface area contributed by atoms with Gasteiger partial charge in [0, 0.05) is 24.3 Å². The van der Waals surface area contributed by atoms with Gasteiger partial charge in [0.2, 0.25) is 0 Å². The van der Waals surface area contributed by atoms with Gasteiger partial charge in [0.15, 0.2) is 0 Å². The highest BCUT2D eigenvalue weighted by Crippen LogP contribution is 1.98. The molecule has 0 bridgehead atoms. The van der Waals surface area contributed by atoms with Crippen LogP contribution < -0.4 is 5.73 Å². The van der Waals surface area contributed by atoms with Crippen molar-refractivity contribution in [1.82, 2.24) is 0 Å². The van der Waals surface area contributed by atoms with E-state index in [2.05, 4.69) is 10.0 Å². The topological polar surface area (TPSA) is 129 Å².